The second-order valence-electron chi connectivity index (χ2n) is 4.14. The van der Waals surface area contributed by atoms with Crippen molar-refractivity contribution >= 4 is 28.8 Å². The molecule has 0 fully saturated rings. The predicted octanol–water partition coefficient (Wildman–Crippen LogP) is 2.62. The van der Waals surface area contributed by atoms with E-state index in [1.54, 1.807) is 19.1 Å². The van der Waals surface area contributed by atoms with E-state index >= 15 is 0 Å². The molecule has 3 rings (SSSR count). The van der Waals surface area contributed by atoms with Crippen LogP contribution in [0.3, 0.4) is 0 Å². The van der Waals surface area contributed by atoms with Crippen LogP contribution in [0.5, 0.6) is 5.75 Å². The zero-order valence-electron chi connectivity index (χ0n) is 10.5. The number of rotatable bonds is 3. The highest BCUT2D eigenvalue weighted by molar-refractivity contribution is 8.25. The van der Waals surface area contributed by atoms with Crippen molar-refractivity contribution in [3.63, 3.8) is 0 Å². The molecule has 2 aromatic carbocycles. The van der Waals surface area contributed by atoms with E-state index in [-0.39, 0.29) is 0 Å². The third-order valence-corrected chi connectivity index (χ3v) is 5.48. The second kappa shape index (κ2) is 5.72. The molecule has 1 aliphatic heterocycles. The van der Waals surface area contributed by atoms with Crippen LogP contribution in [-0.2, 0) is 0 Å². The Hall–Kier alpha value is -1.39. The van der Waals surface area contributed by atoms with Crippen molar-refractivity contribution in [2.24, 2.45) is 0 Å². The van der Waals surface area contributed by atoms with Gasteiger partial charge in [0.25, 0.3) is 5.04 Å². The molecule has 1 aliphatic rings. The first-order valence-electron chi connectivity index (χ1n) is 6.01. The molecule has 0 saturated heterocycles. The zero-order chi connectivity index (χ0) is 13.1. The van der Waals surface area contributed by atoms with Crippen molar-refractivity contribution in [1.29, 1.82) is 0 Å². The molecule has 96 valence electrons. The summed E-state index contributed by atoms with van der Waals surface area (Å²) in [6.07, 6.45) is 0. The summed E-state index contributed by atoms with van der Waals surface area (Å²) in [7, 11) is 1.69. The largest absolute Gasteiger partial charge is 0.497 e. The molecule has 2 nitrogen and oxygen atoms in total. The number of hydrogen-bond acceptors (Lipinski definition) is 3. The Morgan fingerprint density at radius 1 is 1.00 bits per heavy atom. The normalized spacial score (nSPS) is 18.2. The molecule has 0 radical (unpaired) electrons. The number of methoxy groups -OCH3 is 1. The van der Waals surface area contributed by atoms with Crippen LogP contribution in [0.2, 0.25) is 0 Å². The summed E-state index contributed by atoms with van der Waals surface area (Å²) in [5, 5.41) is 1.21. The van der Waals surface area contributed by atoms with Crippen LogP contribution in [-0.4, -0.2) is 12.2 Å². The van der Waals surface area contributed by atoms with E-state index in [9.17, 15) is 0 Å². The summed E-state index contributed by atoms with van der Waals surface area (Å²) in [6.45, 7) is 0. The van der Waals surface area contributed by atoms with Gasteiger partial charge in [0.1, 0.15) is 5.75 Å². The third kappa shape index (κ3) is 2.80. The molecule has 0 spiro atoms. The van der Waals surface area contributed by atoms with Gasteiger partial charge in [0.15, 0.2) is 16.5 Å². The van der Waals surface area contributed by atoms with Crippen LogP contribution in [0.4, 0.5) is 0 Å². The van der Waals surface area contributed by atoms with Crippen molar-refractivity contribution in [2.45, 2.75) is 4.58 Å². The first-order valence-corrected chi connectivity index (χ1v) is 7.77. The van der Waals surface area contributed by atoms with Crippen LogP contribution >= 0.6 is 23.7 Å². The Kier molecular flexibility index (Phi) is 3.80. The van der Waals surface area contributed by atoms with Gasteiger partial charge in [-0.05, 0) is 41.6 Å². The fourth-order valence-corrected chi connectivity index (χ4v) is 4.24. The van der Waals surface area contributed by atoms with Crippen molar-refractivity contribution in [3.05, 3.63) is 65.7 Å². The molecule has 2 aromatic rings. The molecule has 1 atom stereocenters. The summed E-state index contributed by atoms with van der Waals surface area (Å²) < 4.78 is 9.01. The third-order valence-electron chi connectivity index (χ3n) is 2.91. The maximum Gasteiger partial charge on any atom is 0.255 e. The van der Waals surface area contributed by atoms with Crippen LogP contribution in [0.1, 0.15) is 15.7 Å². The lowest BCUT2D eigenvalue weighted by Crippen LogP contribution is -2.60. The zero-order valence-corrected chi connectivity index (χ0v) is 12.1. The number of ether oxygens (including phenoxy) is 1. The number of nitrogens with one attached hydrogen (secondary N) is 1. The Morgan fingerprint density at radius 2 is 1.74 bits per heavy atom. The predicted molar refractivity (Wildman–Crippen MR) is 82.4 cm³/mol. The van der Waals surface area contributed by atoms with Crippen LogP contribution in [0.25, 0.3) is 0 Å². The van der Waals surface area contributed by atoms with Gasteiger partial charge in [-0.2, -0.15) is 4.40 Å². The van der Waals surface area contributed by atoms with Crippen molar-refractivity contribution in [3.8, 4) is 5.75 Å². The minimum Gasteiger partial charge on any atom is -0.497 e. The summed E-state index contributed by atoms with van der Waals surface area (Å²) in [4.78, 5) is 0. The monoisotopic (exact) mass is 288 g/mol. The quantitative estimate of drug-likeness (QED) is 0.878. The summed E-state index contributed by atoms with van der Waals surface area (Å²) in [5.74, 6) is 0.889. The molecule has 19 heavy (non-hydrogen) atoms. The van der Waals surface area contributed by atoms with Gasteiger partial charge in [-0.15, -0.1) is 0 Å². The van der Waals surface area contributed by atoms with Gasteiger partial charge >= 0.3 is 0 Å². The lowest BCUT2D eigenvalue weighted by molar-refractivity contribution is -0.237. The van der Waals surface area contributed by atoms with Crippen molar-refractivity contribution in [2.75, 3.05) is 7.11 Å². The van der Waals surface area contributed by atoms with E-state index in [1.807, 2.05) is 23.9 Å². The Morgan fingerprint density at radius 3 is 2.42 bits per heavy atom. The molecule has 0 aliphatic carbocycles. The van der Waals surface area contributed by atoms with E-state index in [0.717, 1.165) is 5.75 Å². The molecular formula is C15H14NOS2+. The van der Waals surface area contributed by atoms with E-state index < -0.39 is 0 Å². The Labute approximate surface area is 121 Å². The number of benzene rings is 2. The van der Waals surface area contributed by atoms with Gasteiger partial charge in [-0.3, -0.25) is 0 Å². The Balaban J connectivity index is 1.74. The fourth-order valence-electron chi connectivity index (χ4n) is 1.88. The fraction of sp³-hybridized carbons (Fsp3) is 0.133. The highest BCUT2D eigenvalue weighted by Gasteiger charge is 2.30. The van der Waals surface area contributed by atoms with Gasteiger partial charge in [0, 0.05) is 0 Å². The molecular weight excluding hydrogens is 274 g/mol. The minimum absolute atomic E-state index is 0.415. The van der Waals surface area contributed by atoms with Crippen molar-refractivity contribution in [1.82, 2.24) is 0 Å². The lowest BCUT2D eigenvalue weighted by atomic mass is 10.2. The molecule has 4 heteroatoms. The van der Waals surface area contributed by atoms with Gasteiger partial charge < -0.3 is 4.74 Å². The van der Waals surface area contributed by atoms with E-state index in [4.69, 9.17) is 4.74 Å². The first-order chi connectivity index (χ1) is 9.36. The van der Waals surface area contributed by atoms with Crippen LogP contribution in [0.15, 0.2) is 54.6 Å². The maximum atomic E-state index is 5.18. The summed E-state index contributed by atoms with van der Waals surface area (Å²) in [5.41, 5.74) is 2.55. The molecule has 1 heterocycles. The smallest absolute Gasteiger partial charge is 0.255 e. The minimum atomic E-state index is 0.415. The first kappa shape index (κ1) is 12.6. The van der Waals surface area contributed by atoms with Gasteiger partial charge in [-0.1, -0.05) is 30.3 Å². The highest BCUT2D eigenvalue weighted by Crippen LogP contribution is 2.39. The van der Waals surface area contributed by atoms with E-state index in [1.165, 1.54) is 16.2 Å². The topological polar surface area (TPSA) is 23.2 Å². The average molecular weight is 288 g/mol. The SMILES string of the molecule is COc1ccc(C2=[NH+]SC(c3ccccc3)S2)cc1. The van der Waals surface area contributed by atoms with Gasteiger partial charge in [0.05, 0.1) is 12.7 Å². The van der Waals surface area contributed by atoms with E-state index in [2.05, 4.69) is 46.9 Å². The molecule has 0 amide bonds. The lowest BCUT2D eigenvalue weighted by Gasteiger charge is -2.03. The standard InChI is InChI=1S/C15H13NOS2/c1-17-13-9-7-11(8-10-13)14-16-19-15(18-14)12-5-3-2-4-6-12/h2-10,15H,1H3/p+1. The molecule has 0 saturated carbocycles. The maximum absolute atomic E-state index is 5.18. The van der Waals surface area contributed by atoms with Gasteiger partial charge in [-0.25, -0.2) is 0 Å². The van der Waals surface area contributed by atoms with Crippen molar-refractivity contribution < 1.29 is 9.13 Å². The molecule has 1 unspecified atom stereocenters. The molecule has 0 aromatic heterocycles. The summed E-state index contributed by atoms with van der Waals surface area (Å²) in [6, 6.07) is 18.7. The second-order valence-corrected chi connectivity index (χ2v) is 6.46. The van der Waals surface area contributed by atoms with Crippen LogP contribution < -0.4 is 9.13 Å². The van der Waals surface area contributed by atoms with E-state index in [0.29, 0.717) is 4.58 Å². The molecule has 0 bridgehead atoms. The van der Waals surface area contributed by atoms with Crippen LogP contribution in [0, 0.1) is 0 Å². The van der Waals surface area contributed by atoms with Gasteiger partial charge in [0.2, 0.25) is 0 Å². The Bertz CT molecular complexity index is 581. The highest BCUT2D eigenvalue weighted by atomic mass is 32.2. The number of thioether (sulfide) groups is 1. The average Bonchev–Trinajstić information content (AvgIpc) is 2.98. The molecule has 1 N–H and O–H groups in total. The summed E-state index contributed by atoms with van der Waals surface area (Å²) >= 11 is 3.61. The number of hydrogen-bond donors (Lipinski definition) is 1.